The molecule has 0 spiro atoms. The molecule has 1 aromatic carbocycles. The van der Waals surface area contributed by atoms with Crippen LogP contribution in [0.1, 0.15) is 20.3 Å². The van der Waals surface area contributed by atoms with Gasteiger partial charge < -0.3 is 15.4 Å². The molecule has 0 bridgehead atoms. The SMILES string of the molecule is CC(C)Oc1cc(NC2CCNC2)ccc1[N+](=O)[O-]. The fourth-order valence-corrected chi connectivity index (χ4v) is 2.12. The monoisotopic (exact) mass is 265 g/mol. The average molecular weight is 265 g/mol. The quantitative estimate of drug-likeness (QED) is 0.630. The van der Waals surface area contributed by atoms with Crippen molar-refractivity contribution in [2.24, 2.45) is 0 Å². The van der Waals surface area contributed by atoms with Gasteiger partial charge in [0.15, 0.2) is 5.75 Å². The minimum atomic E-state index is -0.418. The van der Waals surface area contributed by atoms with Crippen LogP contribution in [0.3, 0.4) is 0 Å². The molecule has 0 radical (unpaired) electrons. The second kappa shape index (κ2) is 5.88. The van der Waals surface area contributed by atoms with Crippen LogP contribution in [0.25, 0.3) is 0 Å². The summed E-state index contributed by atoms with van der Waals surface area (Å²) in [4.78, 5) is 10.5. The van der Waals surface area contributed by atoms with Crippen molar-refractivity contribution in [3.63, 3.8) is 0 Å². The zero-order valence-corrected chi connectivity index (χ0v) is 11.2. The summed E-state index contributed by atoms with van der Waals surface area (Å²) in [6, 6.07) is 5.29. The molecule has 104 valence electrons. The lowest BCUT2D eigenvalue weighted by Gasteiger charge is -2.15. The molecule has 19 heavy (non-hydrogen) atoms. The Bertz CT molecular complexity index is 456. The van der Waals surface area contributed by atoms with Crippen molar-refractivity contribution in [1.82, 2.24) is 5.32 Å². The molecule has 1 unspecified atom stereocenters. The summed E-state index contributed by atoms with van der Waals surface area (Å²) in [6.45, 7) is 5.62. The summed E-state index contributed by atoms with van der Waals surface area (Å²) >= 11 is 0. The van der Waals surface area contributed by atoms with Crippen LogP contribution in [0.4, 0.5) is 11.4 Å². The second-order valence-electron chi connectivity index (χ2n) is 4.94. The van der Waals surface area contributed by atoms with Crippen LogP contribution in [0, 0.1) is 10.1 Å². The lowest BCUT2D eigenvalue weighted by molar-refractivity contribution is -0.386. The van der Waals surface area contributed by atoms with Crippen molar-refractivity contribution < 1.29 is 9.66 Å². The fourth-order valence-electron chi connectivity index (χ4n) is 2.12. The molecule has 1 saturated heterocycles. The van der Waals surface area contributed by atoms with Gasteiger partial charge in [-0.2, -0.15) is 0 Å². The standard InChI is InChI=1S/C13H19N3O3/c1-9(2)19-13-7-10(3-4-12(13)16(17)18)15-11-5-6-14-8-11/h3-4,7,9,11,14-15H,5-6,8H2,1-2H3. The van der Waals surface area contributed by atoms with Crippen LogP contribution < -0.4 is 15.4 Å². The predicted molar refractivity (Wildman–Crippen MR) is 73.8 cm³/mol. The van der Waals surface area contributed by atoms with E-state index in [4.69, 9.17) is 4.74 Å². The van der Waals surface area contributed by atoms with E-state index in [9.17, 15) is 10.1 Å². The molecule has 0 aliphatic carbocycles. The predicted octanol–water partition coefficient (Wildman–Crippen LogP) is 2.16. The first kappa shape index (κ1) is 13.6. The van der Waals surface area contributed by atoms with E-state index in [1.807, 2.05) is 13.8 Å². The van der Waals surface area contributed by atoms with Crippen molar-refractivity contribution in [3.05, 3.63) is 28.3 Å². The van der Waals surface area contributed by atoms with E-state index in [-0.39, 0.29) is 11.8 Å². The normalized spacial score (nSPS) is 18.6. The molecule has 0 amide bonds. The van der Waals surface area contributed by atoms with Gasteiger partial charge in [-0.15, -0.1) is 0 Å². The van der Waals surface area contributed by atoms with Gasteiger partial charge >= 0.3 is 5.69 Å². The maximum absolute atomic E-state index is 11.0. The maximum Gasteiger partial charge on any atom is 0.311 e. The largest absolute Gasteiger partial charge is 0.484 e. The zero-order valence-electron chi connectivity index (χ0n) is 11.2. The third-order valence-electron chi connectivity index (χ3n) is 2.95. The number of hydrogen-bond donors (Lipinski definition) is 2. The number of ether oxygens (including phenoxy) is 1. The molecule has 0 aromatic heterocycles. The Morgan fingerprint density at radius 3 is 2.89 bits per heavy atom. The third-order valence-corrected chi connectivity index (χ3v) is 2.95. The number of hydrogen-bond acceptors (Lipinski definition) is 5. The van der Waals surface area contributed by atoms with Gasteiger partial charge in [-0.3, -0.25) is 10.1 Å². The van der Waals surface area contributed by atoms with E-state index in [0.717, 1.165) is 25.2 Å². The van der Waals surface area contributed by atoms with E-state index < -0.39 is 4.92 Å². The first-order valence-corrected chi connectivity index (χ1v) is 6.48. The van der Waals surface area contributed by atoms with Crippen molar-refractivity contribution in [2.75, 3.05) is 18.4 Å². The minimum Gasteiger partial charge on any atom is -0.484 e. The van der Waals surface area contributed by atoms with Gasteiger partial charge in [0.25, 0.3) is 0 Å². The molecule has 1 fully saturated rings. The van der Waals surface area contributed by atoms with Crippen molar-refractivity contribution >= 4 is 11.4 Å². The Morgan fingerprint density at radius 1 is 1.53 bits per heavy atom. The molecule has 1 aliphatic heterocycles. The summed E-state index contributed by atoms with van der Waals surface area (Å²) < 4.78 is 5.51. The molecular weight excluding hydrogens is 246 g/mol. The summed E-state index contributed by atoms with van der Waals surface area (Å²) in [5, 5.41) is 17.6. The molecule has 1 heterocycles. The summed E-state index contributed by atoms with van der Waals surface area (Å²) in [5.74, 6) is 0.316. The van der Waals surface area contributed by atoms with Crippen molar-refractivity contribution in [1.29, 1.82) is 0 Å². The Morgan fingerprint density at radius 2 is 2.32 bits per heavy atom. The number of nitro benzene ring substituents is 1. The number of nitrogens with one attached hydrogen (secondary N) is 2. The second-order valence-corrected chi connectivity index (χ2v) is 4.94. The average Bonchev–Trinajstić information content (AvgIpc) is 2.80. The molecular formula is C13H19N3O3. The van der Waals surface area contributed by atoms with Gasteiger partial charge in [0.1, 0.15) is 0 Å². The Kier molecular flexibility index (Phi) is 4.21. The number of nitro groups is 1. The molecule has 1 aliphatic rings. The van der Waals surface area contributed by atoms with Gasteiger partial charge in [0.2, 0.25) is 0 Å². The smallest absolute Gasteiger partial charge is 0.311 e. The van der Waals surface area contributed by atoms with E-state index in [0.29, 0.717) is 11.8 Å². The Balaban J connectivity index is 2.18. The first-order chi connectivity index (χ1) is 9.06. The third kappa shape index (κ3) is 3.57. The molecule has 6 heteroatoms. The number of nitrogens with zero attached hydrogens (tertiary/aromatic N) is 1. The molecule has 6 nitrogen and oxygen atoms in total. The van der Waals surface area contributed by atoms with Gasteiger partial charge in [0.05, 0.1) is 11.0 Å². The van der Waals surface area contributed by atoms with E-state index in [1.54, 1.807) is 12.1 Å². The molecule has 2 rings (SSSR count). The van der Waals surface area contributed by atoms with Crippen molar-refractivity contribution in [2.45, 2.75) is 32.4 Å². The molecule has 0 saturated carbocycles. The van der Waals surface area contributed by atoms with Crippen LogP contribution in [0.2, 0.25) is 0 Å². The Hall–Kier alpha value is -1.82. The lowest BCUT2D eigenvalue weighted by atomic mass is 10.2. The highest BCUT2D eigenvalue weighted by Gasteiger charge is 2.19. The van der Waals surface area contributed by atoms with Gasteiger partial charge in [-0.05, 0) is 32.9 Å². The van der Waals surface area contributed by atoms with Gasteiger partial charge in [-0.25, -0.2) is 0 Å². The number of rotatable bonds is 5. The highest BCUT2D eigenvalue weighted by atomic mass is 16.6. The fraction of sp³-hybridized carbons (Fsp3) is 0.538. The Labute approximate surface area is 112 Å². The lowest BCUT2D eigenvalue weighted by Crippen LogP contribution is -2.22. The highest BCUT2D eigenvalue weighted by molar-refractivity contribution is 5.58. The van der Waals surface area contributed by atoms with E-state index in [1.165, 1.54) is 6.07 Å². The summed E-state index contributed by atoms with van der Waals surface area (Å²) in [7, 11) is 0. The van der Waals surface area contributed by atoms with Gasteiger partial charge in [-0.1, -0.05) is 0 Å². The number of benzene rings is 1. The van der Waals surface area contributed by atoms with Crippen LogP contribution in [0.5, 0.6) is 5.75 Å². The van der Waals surface area contributed by atoms with Crippen LogP contribution in [0.15, 0.2) is 18.2 Å². The van der Waals surface area contributed by atoms with Crippen LogP contribution in [-0.4, -0.2) is 30.2 Å². The van der Waals surface area contributed by atoms with E-state index >= 15 is 0 Å². The maximum atomic E-state index is 11.0. The molecule has 2 N–H and O–H groups in total. The molecule has 1 atom stereocenters. The first-order valence-electron chi connectivity index (χ1n) is 6.48. The van der Waals surface area contributed by atoms with Gasteiger partial charge in [0, 0.05) is 30.4 Å². The van der Waals surface area contributed by atoms with E-state index in [2.05, 4.69) is 10.6 Å². The minimum absolute atomic E-state index is 0.00352. The van der Waals surface area contributed by atoms with Crippen LogP contribution >= 0.6 is 0 Å². The summed E-state index contributed by atoms with van der Waals surface area (Å²) in [5.41, 5.74) is 0.860. The highest BCUT2D eigenvalue weighted by Crippen LogP contribution is 2.31. The molecule has 1 aromatic rings. The van der Waals surface area contributed by atoms with Crippen LogP contribution in [-0.2, 0) is 0 Å². The van der Waals surface area contributed by atoms with Crippen molar-refractivity contribution in [3.8, 4) is 5.75 Å². The summed E-state index contributed by atoms with van der Waals surface area (Å²) in [6.07, 6.45) is 0.958. The number of anilines is 1. The zero-order chi connectivity index (χ0) is 13.8. The topological polar surface area (TPSA) is 76.4 Å².